The van der Waals surface area contributed by atoms with E-state index in [1.165, 1.54) is 11.3 Å². The minimum atomic E-state index is -1.32. The molecule has 0 saturated heterocycles. The van der Waals surface area contributed by atoms with Gasteiger partial charge in [0.15, 0.2) is 4.96 Å². The van der Waals surface area contributed by atoms with Crippen LogP contribution in [-0.2, 0) is 0 Å². The number of imidazole rings is 1. The topological polar surface area (TPSA) is 63.8 Å². The Bertz CT molecular complexity index is 459. The lowest BCUT2D eigenvalue weighted by Gasteiger charge is -1.96. The fraction of sp³-hybridized carbons (Fsp3) is 0.143. The summed E-state index contributed by atoms with van der Waals surface area (Å²) in [6.07, 6.45) is 0.397. The van der Waals surface area contributed by atoms with Gasteiger partial charge in [-0.25, -0.2) is 9.78 Å². The molecule has 68 valence electrons. The summed E-state index contributed by atoms with van der Waals surface area (Å²) in [4.78, 5) is 15.2. The van der Waals surface area contributed by atoms with Crippen LogP contribution < -0.4 is 4.74 Å². The molecule has 5 nitrogen and oxygen atoms in total. The van der Waals surface area contributed by atoms with Crippen molar-refractivity contribution in [3.05, 3.63) is 17.3 Å². The molecule has 0 bridgehead atoms. The van der Waals surface area contributed by atoms with E-state index in [9.17, 15) is 4.79 Å². The van der Waals surface area contributed by atoms with Crippen LogP contribution in [0.5, 0.6) is 5.88 Å². The zero-order valence-corrected chi connectivity index (χ0v) is 7.54. The van der Waals surface area contributed by atoms with Crippen LogP contribution in [0.2, 0.25) is 0 Å². The maximum absolute atomic E-state index is 10.3. The monoisotopic (exact) mass is 198 g/mol. The van der Waals surface area contributed by atoms with Crippen LogP contribution >= 0.6 is 11.3 Å². The Labute approximate surface area is 77.2 Å². The van der Waals surface area contributed by atoms with Crippen molar-refractivity contribution in [2.75, 3.05) is 0 Å². The fourth-order valence-electron chi connectivity index (χ4n) is 1.08. The average Bonchev–Trinajstić information content (AvgIpc) is 2.55. The van der Waals surface area contributed by atoms with E-state index in [0.29, 0.717) is 5.69 Å². The highest BCUT2D eigenvalue weighted by Gasteiger charge is 2.13. The van der Waals surface area contributed by atoms with Gasteiger partial charge in [0.2, 0.25) is 5.88 Å². The van der Waals surface area contributed by atoms with E-state index < -0.39 is 6.16 Å². The maximum atomic E-state index is 10.3. The summed E-state index contributed by atoms with van der Waals surface area (Å²) in [6.45, 7) is 1.71. The van der Waals surface area contributed by atoms with Gasteiger partial charge in [0, 0.05) is 11.6 Å². The summed E-state index contributed by atoms with van der Waals surface area (Å²) in [6, 6.07) is 0. The van der Waals surface area contributed by atoms with Gasteiger partial charge >= 0.3 is 6.16 Å². The number of ether oxygens (including phenoxy) is 1. The minimum absolute atomic E-state index is 0.267. The quantitative estimate of drug-likeness (QED) is 0.709. The van der Waals surface area contributed by atoms with Gasteiger partial charge in [-0.15, -0.1) is 11.3 Å². The van der Waals surface area contributed by atoms with Crippen molar-refractivity contribution in [1.82, 2.24) is 9.38 Å². The highest BCUT2D eigenvalue weighted by Crippen LogP contribution is 2.23. The molecule has 0 spiro atoms. The number of aromatic nitrogens is 2. The summed E-state index contributed by atoms with van der Waals surface area (Å²) in [5.74, 6) is 0.267. The zero-order chi connectivity index (χ0) is 9.42. The highest BCUT2D eigenvalue weighted by atomic mass is 32.1. The molecular weight excluding hydrogens is 192 g/mol. The van der Waals surface area contributed by atoms with Gasteiger partial charge in [-0.1, -0.05) is 0 Å². The summed E-state index contributed by atoms with van der Waals surface area (Å²) < 4.78 is 6.19. The molecule has 0 aliphatic heterocycles. The van der Waals surface area contributed by atoms with Crippen molar-refractivity contribution < 1.29 is 14.6 Å². The lowest BCUT2D eigenvalue weighted by molar-refractivity contribution is 0.142. The maximum Gasteiger partial charge on any atom is 0.512 e. The van der Waals surface area contributed by atoms with Crippen molar-refractivity contribution in [3.63, 3.8) is 0 Å². The number of rotatable bonds is 1. The molecule has 2 aromatic rings. The molecule has 13 heavy (non-hydrogen) atoms. The highest BCUT2D eigenvalue weighted by molar-refractivity contribution is 7.15. The third kappa shape index (κ3) is 1.25. The standard InChI is InChI=1S/C7H6N2O3S/c1-4-5(12-7(10)11)9-2-3-13-6(9)8-4/h2-3H,1H3,(H,10,11). The van der Waals surface area contributed by atoms with Crippen LogP contribution in [0.1, 0.15) is 5.69 Å². The van der Waals surface area contributed by atoms with Crippen LogP contribution in [0.15, 0.2) is 11.6 Å². The normalized spacial score (nSPS) is 10.5. The number of carbonyl (C=O) groups is 1. The molecule has 0 radical (unpaired) electrons. The first-order valence-electron chi connectivity index (χ1n) is 3.51. The summed E-state index contributed by atoms with van der Waals surface area (Å²) in [5.41, 5.74) is 0.578. The van der Waals surface area contributed by atoms with Crippen LogP contribution in [0, 0.1) is 6.92 Å². The molecule has 6 heteroatoms. The number of hydrogen-bond acceptors (Lipinski definition) is 4. The second-order valence-electron chi connectivity index (χ2n) is 2.43. The van der Waals surface area contributed by atoms with Crippen molar-refractivity contribution >= 4 is 22.5 Å². The first-order chi connectivity index (χ1) is 6.18. The van der Waals surface area contributed by atoms with E-state index in [4.69, 9.17) is 5.11 Å². The van der Waals surface area contributed by atoms with Crippen LogP contribution in [0.3, 0.4) is 0 Å². The Morgan fingerprint density at radius 1 is 1.77 bits per heavy atom. The summed E-state index contributed by atoms with van der Waals surface area (Å²) in [7, 11) is 0. The molecule has 0 amide bonds. The predicted molar refractivity (Wildman–Crippen MR) is 46.5 cm³/mol. The summed E-state index contributed by atoms with van der Waals surface area (Å²) >= 11 is 1.43. The van der Waals surface area contributed by atoms with E-state index in [-0.39, 0.29) is 5.88 Å². The molecular formula is C7H6N2O3S. The van der Waals surface area contributed by atoms with Gasteiger partial charge < -0.3 is 9.84 Å². The predicted octanol–water partition coefficient (Wildman–Crippen LogP) is 1.76. The molecule has 0 aliphatic rings. The number of aryl methyl sites for hydroxylation is 1. The van der Waals surface area contributed by atoms with Crippen molar-refractivity contribution in [2.45, 2.75) is 6.92 Å². The number of thiazole rings is 1. The largest absolute Gasteiger partial charge is 0.512 e. The van der Waals surface area contributed by atoms with E-state index in [2.05, 4.69) is 9.72 Å². The van der Waals surface area contributed by atoms with Crippen molar-refractivity contribution in [3.8, 4) is 5.88 Å². The van der Waals surface area contributed by atoms with Gasteiger partial charge in [-0.3, -0.25) is 4.40 Å². The number of fused-ring (bicyclic) bond motifs is 1. The smallest absolute Gasteiger partial charge is 0.449 e. The lowest BCUT2D eigenvalue weighted by atomic mass is 10.5. The third-order valence-corrected chi connectivity index (χ3v) is 2.32. The van der Waals surface area contributed by atoms with Gasteiger partial charge in [0.05, 0.1) is 0 Å². The van der Waals surface area contributed by atoms with E-state index in [0.717, 1.165) is 4.96 Å². The number of nitrogens with zero attached hydrogens (tertiary/aromatic N) is 2. The van der Waals surface area contributed by atoms with Crippen molar-refractivity contribution in [1.29, 1.82) is 0 Å². The number of hydrogen-bond donors (Lipinski definition) is 1. The molecule has 2 aromatic heterocycles. The Balaban J connectivity index is 2.57. The molecule has 2 rings (SSSR count). The first-order valence-corrected chi connectivity index (χ1v) is 4.39. The zero-order valence-electron chi connectivity index (χ0n) is 6.72. The fourth-order valence-corrected chi connectivity index (χ4v) is 1.83. The Morgan fingerprint density at radius 2 is 2.54 bits per heavy atom. The molecule has 1 N–H and O–H groups in total. The van der Waals surface area contributed by atoms with Crippen LogP contribution in [-0.4, -0.2) is 20.6 Å². The van der Waals surface area contributed by atoms with Crippen molar-refractivity contribution in [2.24, 2.45) is 0 Å². The summed E-state index contributed by atoms with van der Waals surface area (Å²) in [5, 5.41) is 10.3. The molecule has 0 saturated carbocycles. The molecule has 0 unspecified atom stereocenters. The van der Waals surface area contributed by atoms with Gasteiger partial charge in [0.1, 0.15) is 5.69 Å². The van der Waals surface area contributed by atoms with Crippen LogP contribution in [0.25, 0.3) is 4.96 Å². The average molecular weight is 198 g/mol. The molecule has 0 aliphatic carbocycles. The molecule has 0 fully saturated rings. The number of carboxylic acid groups (broad SMARTS) is 1. The molecule has 2 heterocycles. The van der Waals surface area contributed by atoms with Gasteiger partial charge in [-0.2, -0.15) is 0 Å². The third-order valence-electron chi connectivity index (χ3n) is 1.57. The minimum Gasteiger partial charge on any atom is -0.449 e. The SMILES string of the molecule is Cc1nc2sccn2c1OC(=O)O. The second kappa shape index (κ2) is 2.74. The van der Waals surface area contributed by atoms with E-state index >= 15 is 0 Å². The Kier molecular flexibility index (Phi) is 1.70. The Morgan fingerprint density at radius 3 is 3.23 bits per heavy atom. The van der Waals surface area contributed by atoms with E-state index in [1.807, 2.05) is 5.38 Å². The Hall–Kier alpha value is -1.56. The van der Waals surface area contributed by atoms with Gasteiger partial charge in [0.25, 0.3) is 0 Å². The second-order valence-corrected chi connectivity index (χ2v) is 3.30. The van der Waals surface area contributed by atoms with Gasteiger partial charge in [-0.05, 0) is 6.92 Å². The lowest BCUT2D eigenvalue weighted by Crippen LogP contribution is -2.05. The molecule has 0 atom stereocenters. The first kappa shape index (κ1) is 8.06. The van der Waals surface area contributed by atoms with Crippen LogP contribution in [0.4, 0.5) is 4.79 Å². The van der Waals surface area contributed by atoms with E-state index in [1.54, 1.807) is 17.5 Å². The molecule has 0 aromatic carbocycles.